The lowest BCUT2D eigenvalue weighted by Crippen LogP contribution is -2.49. The fraction of sp³-hybridized carbons (Fsp3) is 0.364. The first-order valence-corrected chi connectivity index (χ1v) is 9.83. The van der Waals surface area contributed by atoms with Gasteiger partial charge in [0.25, 0.3) is 5.91 Å². The zero-order valence-corrected chi connectivity index (χ0v) is 16.9. The molecule has 0 spiro atoms. The fourth-order valence-corrected chi connectivity index (χ4v) is 3.48. The van der Waals surface area contributed by atoms with Crippen LogP contribution in [0.15, 0.2) is 42.5 Å². The lowest BCUT2D eigenvalue weighted by atomic mass is 10.2. The monoisotopic (exact) mass is 394 g/mol. The highest BCUT2D eigenvalue weighted by Crippen LogP contribution is 2.19. The molecule has 1 aromatic heterocycles. The van der Waals surface area contributed by atoms with Crippen LogP contribution in [0.25, 0.3) is 11.0 Å². The number of aromatic amines is 1. The Morgan fingerprint density at radius 1 is 1.07 bits per heavy atom. The Balaban J connectivity index is 1.26. The minimum atomic E-state index is 0.0288. The Labute approximate surface area is 170 Å². The van der Waals surface area contributed by atoms with Gasteiger partial charge >= 0.3 is 0 Å². The van der Waals surface area contributed by atoms with Crippen molar-refractivity contribution in [3.8, 4) is 11.5 Å². The van der Waals surface area contributed by atoms with Gasteiger partial charge in [0.1, 0.15) is 17.3 Å². The molecule has 4 rings (SSSR count). The van der Waals surface area contributed by atoms with E-state index in [1.807, 2.05) is 54.3 Å². The average Bonchev–Trinajstić information content (AvgIpc) is 3.15. The van der Waals surface area contributed by atoms with E-state index in [9.17, 15) is 4.79 Å². The highest BCUT2D eigenvalue weighted by atomic mass is 16.5. The Kier molecular flexibility index (Phi) is 5.67. The predicted octanol–water partition coefficient (Wildman–Crippen LogP) is 2.60. The van der Waals surface area contributed by atoms with Crippen molar-refractivity contribution >= 4 is 16.9 Å². The molecular weight excluding hydrogens is 368 g/mol. The number of nitrogens with zero attached hydrogens (tertiary/aromatic N) is 3. The molecule has 1 aliphatic rings. The number of aryl methyl sites for hydroxylation is 1. The smallest absolute Gasteiger partial charge is 0.260 e. The van der Waals surface area contributed by atoms with Crippen molar-refractivity contribution in [2.24, 2.45) is 0 Å². The number of aromatic nitrogens is 2. The quantitative estimate of drug-likeness (QED) is 0.696. The van der Waals surface area contributed by atoms with E-state index >= 15 is 0 Å². The number of carbonyl (C=O) groups is 1. The summed E-state index contributed by atoms with van der Waals surface area (Å²) in [7, 11) is 1.66. The number of H-pyrrole nitrogens is 1. The van der Waals surface area contributed by atoms with E-state index < -0.39 is 0 Å². The number of imidazole rings is 1. The minimum absolute atomic E-state index is 0.0288. The van der Waals surface area contributed by atoms with Gasteiger partial charge in [-0.15, -0.1) is 0 Å². The van der Waals surface area contributed by atoms with Crippen LogP contribution >= 0.6 is 0 Å². The van der Waals surface area contributed by atoms with Crippen molar-refractivity contribution in [3.05, 3.63) is 53.9 Å². The Morgan fingerprint density at radius 3 is 2.52 bits per heavy atom. The zero-order chi connectivity index (χ0) is 20.2. The second kappa shape index (κ2) is 8.53. The van der Waals surface area contributed by atoms with Gasteiger partial charge < -0.3 is 19.4 Å². The van der Waals surface area contributed by atoms with Crippen molar-refractivity contribution in [2.45, 2.75) is 13.5 Å². The third kappa shape index (κ3) is 4.68. The number of nitrogens with one attached hydrogen (secondary N) is 1. The molecule has 29 heavy (non-hydrogen) atoms. The molecule has 2 heterocycles. The third-order valence-electron chi connectivity index (χ3n) is 5.22. The van der Waals surface area contributed by atoms with E-state index in [1.54, 1.807) is 7.11 Å². The van der Waals surface area contributed by atoms with Gasteiger partial charge in [-0.3, -0.25) is 9.69 Å². The highest BCUT2D eigenvalue weighted by molar-refractivity contribution is 5.78. The molecular formula is C22H26N4O3. The van der Waals surface area contributed by atoms with Crippen LogP contribution < -0.4 is 9.47 Å². The number of rotatable bonds is 6. The maximum Gasteiger partial charge on any atom is 0.260 e. The first-order valence-electron chi connectivity index (χ1n) is 9.83. The number of methoxy groups -OCH3 is 1. The number of hydrogen-bond donors (Lipinski definition) is 1. The van der Waals surface area contributed by atoms with Crippen LogP contribution in [0.4, 0.5) is 0 Å². The van der Waals surface area contributed by atoms with Crippen LogP contribution in [-0.2, 0) is 11.3 Å². The number of amides is 1. The third-order valence-corrected chi connectivity index (χ3v) is 5.22. The van der Waals surface area contributed by atoms with E-state index in [0.717, 1.165) is 48.0 Å². The molecule has 0 aliphatic carbocycles. The average molecular weight is 394 g/mol. The second-order valence-corrected chi connectivity index (χ2v) is 7.33. The van der Waals surface area contributed by atoms with Gasteiger partial charge in [0, 0.05) is 32.2 Å². The number of piperazine rings is 1. The van der Waals surface area contributed by atoms with Gasteiger partial charge in [-0.05, 0) is 31.2 Å². The molecule has 3 aromatic rings. The number of hydrogen-bond acceptors (Lipinski definition) is 5. The lowest BCUT2D eigenvalue weighted by Gasteiger charge is -2.34. The molecule has 0 unspecified atom stereocenters. The maximum atomic E-state index is 12.4. The number of benzene rings is 2. The van der Waals surface area contributed by atoms with Gasteiger partial charge in [-0.2, -0.15) is 0 Å². The van der Waals surface area contributed by atoms with Crippen LogP contribution in [0.5, 0.6) is 11.5 Å². The largest absolute Gasteiger partial charge is 0.497 e. The molecule has 0 atom stereocenters. The number of fused-ring (bicyclic) bond motifs is 1. The Bertz CT molecular complexity index is 975. The molecule has 7 nitrogen and oxygen atoms in total. The topological polar surface area (TPSA) is 70.7 Å². The maximum absolute atomic E-state index is 12.4. The molecule has 1 fully saturated rings. The molecule has 1 aliphatic heterocycles. The van der Waals surface area contributed by atoms with E-state index in [-0.39, 0.29) is 12.5 Å². The summed E-state index contributed by atoms with van der Waals surface area (Å²) in [6.07, 6.45) is 0. The van der Waals surface area contributed by atoms with Gasteiger partial charge in [0.15, 0.2) is 6.61 Å². The van der Waals surface area contributed by atoms with Crippen molar-refractivity contribution < 1.29 is 14.3 Å². The van der Waals surface area contributed by atoms with Crippen LogP contribution in [0, 0.1) is 6.92 Å². The first-order chi connectivity index (χ1) is 14.1. The number of carbonyl (C=O) groups excluding carboxylic acids is 1. The fourth-order valence-electron chi connectivity index (χ4n) is 3.48. The molecule has 0 bridgehead atoms. The SMILES string of the molecule is COc1ccc2nc(CN3CCN(C(=O)COc4ccc(C)cc4)CC3)[nH]c2c1. The minimum Gasteiger partial charge on any atom is -0.497 e. The summed E-state index contributed by atoms with van der Waals surface area (Å²) in [5.41, 5.74) is 3.08. The van der Waals surface area contributed by atoms with Crippen molar-refractivity contribution in [1.29, 1.82) is 0 Å². The summed E-state index contributed by atoms with van der Waals surface area (Å²) in [6, 6.07) is 13.6. The molecule has 1 saturated heterocycles. The molecule has 152 valence electrons. The standard InChI is InChI=1S/C22H26N4O3/c1-16-3-5-17(6-4-16)29-15-22(27)26-11-9-25(10-12-26)14-21-23-19-8-7-18(28-2)13-20(19)24-21/h3-8,13H,9-12,14-15H2,1-2H3,(H,23,24). The lowest BCUT2D eigenvalue weighted by molar-refractivity contribution is -0.135. The van der Waals surface area contributed by atoms with Crippen molar-refractivity contribution in [3.63, 3.8) is 0 Å². The zero-order valence-electron chi connectivity index (χ0n) is 16.9. The van der Waals surface area contributed by atoms with Gasteiger partial charge in [0.05, 0.1) is 24.7 Å². The Morgan fingerprint density at radius 2 is 1.79 bits per heavy atom. The summed E-state index contributed by atoms with van der Waals surface area (Å²) in [5, 5.41) is 0. The van der Waals surface area contributed by atoms with E-state index in [1.165, 1.54) is 5.56 Å². The normalized spacial score (nSPS) is 14.9. The molecule has 0 radical (unpaired) electrons. The molecule has 7 heteroatoms. The van der Waals surface area contributed by atoms with E-state index in [2.05, 4.69) is 14.9 Å². The molecule has 0 saturated carbocycles. The summed E-state index contributed by atoms with van der Waals surface area (Å²) >= 11 is 0. The Hall–Kier alpha value is -3.06. The summed E-state index contributed by atoms with van der Waals surface area (Å²) in [5.74, 6) is 2.49. The summed E-state index contributed by atoms with van der Waals surface area (Å²) in [4.78, 5) is 24.6. The van der Waals surface area contributed by atoms with E-state index in [0.29, 0.717) is 13.1 Å². The highest BCUT2D eigenvalue weighted by Gasteiger charge is 2.22. The van der Waals surface area contributed by atoms with Crippen molar-refractivity contribution in [2.75, 3.05) is 39.9 Å². The van der Waals surface area contributed by atoms with Gasteiger partial charge in [0.2, 0.25) is 0 Å². The number of ether oxygens (including phenoxy) is 2. The van der Waals surface area contributed by atoms with E-state index in [4.69, 9.17) is 9.47 Å². The summed E-state index contributed by atoms with van der Waals surface area (Å²) in [6.45, 7) is 5.87. The van der Waals surface area contributed by atoms with Gasteiger partial charge in [-0.1, -0.05) is 17.7 Å². The van der Waals surface area contributed by atoms with Crippen LogP contribution in [-0.4, -0.2) is 65.6 Å². The summed E-state index contributed by atoms with van der Waals surface area (Å²) < 4.78 is 10.9. The van der Waals surface area contributed by atoms with Crippen LogP contribution in [0.2, 0.25) is 0 Å². The predicted molar refractivity (Wildman–Crippen MR) is 111 cm³/mol. The van der Waals surface area contributed by atoms with Crippen molar-refractivity contribution in [1.82, 2.24) is 19.8 Å². The molecule has 2 aromatic carbocycles. The molecule has 1 amide bonds. The van der Waals surface area contributed by atoms with Crippen LogP contribution in [0.3, 0.4) is 0 Å². The second-order valence-electron chi connectivity index (χ2n) is 7.33. The molecule has 1 N–H and O–H groups in total. The van der Waals surface area contributed by atoms with Crippen LogP contribution in [0.1, 0.15) is 11.4 Å². The van der Waals surface area contributed by atoms with Gasteiger partial charge in [-0.25, -0.2) is 4.98 Å². The first kappa shape index (κ1) is 19.3.